The van der Waals surface area contributed by atoms with Crippen LogP contribution in [0.2, 0.25) is 0 Å². The maximum absolute atomic E-state index is 4.88. The van der Waals surface area contributed by atoms with E-state index in [1.54, 1.807) is 12.4 Å². The van der Waals surface area contributed by atoms with E-state index in [4.69, 9.17) is 4.98 Å². The minimum Gasteiger partial charge on any atom is -0.356 e. The van der Waals surface area contributed by atoms with Crippen LogP contribution in [0.3, 0.4) is 0 Å². The van der Waals surface area contributed by atoms with Gasteiger partial charge in [-0.1, -0.05) is 42.5 Å². The molecule has 216 valence electrons. The molecule has 0 aliphatic carbocycles. The maximum Gasteiger partial charge on any atom is 0.0900 e. The third kappa shape index (κ3) is 6.87. The Morgan fingerprint density at radius 1 is 0.311 bits per heavy atom. The highest BCUT2D eigenvalue weighted by Gasteiger charge is 2.10. The lowest BCUT2D eigenvalue weighted by molar-refractivity contribution is 1.22. The molecule has 0 unspecified atom stereocenters. The molecule has 0 aliphatic rings. The van der Waals surface area contributed by atoms with Gasteiger partial charge in [-0.3, -0.25) is 9.97 Å². The van der Waals surface area contributed by atoms with E-state index in [1.807, 2.05) is 54.6 Å². The highest BCUT2D eigenvalue weighted by molar-refractivity contribution is 5.76. The summed E-state index contributed by atoms with van der Waals surface area (Å²) in [6.07, 6.45) is 3.57. The molecule has 7 rings (SSSR count). The molecule has 3 aromatic heterocycles. The van der Waals surface area contributed by atoms with Gasteiger partial charge in [0, 0.05) is 46.5 Å². The van der Waals surface area contributed by atoms with Crippen molar-refractivity contribution >= 4 is 34.1 Å². The molecule has 0 radical (unpaired) electrons. The Bertz CT molecular complexity index is 1920. The number of aromatic nitrogens is 3. The lowest BCUT2D eigenvalue weighted by Gasteiger charge is -2.12. The highest BCUT2D eigenvalue weighted by Crippen LogP contribution is 2.30. The molecule has 0 spiro atoms. The molecule has 0 bridgehead atoms. The molecule has 45 heavy (non-hydrogen) atoms. The Hall–Kier alpha value is -6.27. The Morgan fingerprint density at radius 3 is 1.09 bits per heavy atom. The van der Waals surface area contributed by atoms with Crippen molar-refractivity contribution in [1.29, 1.82) is 0 Å². The van der Waals surface area contributed by atoms with Crippen LogP contribution in [-0.2, 0) is 0 Å². The minimum atomic E-state index is 0.810. The fraction of sp³-hybridized carbons (Fsp3) is 0. The van der Waals surface area contributed by atoms with Crippen molar-refractivity contribution in [3.8, 4) is 33.9 Å². The largest absolute Gasteiger partial charge is 0.356 e. The van der Waals surface area contributed by atoms with Crippen molar-refractivity contribution < 1.29 is 0 Å². The number of para-hydroxylation sites is 1. The topological polar surface area (TPSA) is 74.8 Å². The SMILES string of the molecule is c1ccc(Nc2ccc(Nc3ccc(Nc4ccc(-c5cc(-c6ccccn6)nc(-c6ccccn6)c5)cc4)cc3)cc2)cc1. The highest BCUT2D eigenvalue weighted by atomic mass is 14.9. The predicted molar refractivity (Wildman–Crippen MR) is 185 cm³/mol. The first kappa shape index (κ1) is 27.6. The average molecular weight is 583 g/mol. The third-order valence-corrected chi connectivity index (χ3v) is 7.31. The van der Waals surface area contributed by atoms with Gasteiger partial charge in [-0.05, 0) is 120 Å². The van der Waals surface area contributed by atoms with E-state index < -0.39 is 0 Å². The summed E-state index contributed by atoms with van der Waals surface area (Å²) < 4.78 is 0. The van der Waals surface area contributed by atoms with E-state index in [1.165, 1.54) is 0 Å². The number of nitrogens with one attached hydrogen (secondary N) is 3. The van der Waals surface area contributed by atoms with Gasteiger partial charge in [0.1, 0.15) is 0 Å². The summed E-state index contributed by atoms with van der Waals surface area (Å²) in [6.45, 7) is 0. The second-order valence-electron chi connectivity index (χ2n) is 10.5. The summed E-state index contributed by atoms with van der Waals surface area (Å²) in [6, 6.07) is 51.0. The number of benzene rings is 4. The van der Waals surface area contributed by atoms with Crippen LogP contribution in [0.5, 0.6) is 0 Å². The van der Waals surface area contributed by atoms with E-state index >= 15 is 0 Å². The molecule has 7 aromatic rings. The zero-order chi connectivity index (χ0) is 30.3. The summed E-state index contributed by atoms with van der Waals surface area (Å²) in [5.74, 6) is 0. The van der Waals surface area contributed by atoms with Crippen LogP contribution < -0.4 is 16.0 Å². The summed E-state index contributed by atoms with van der Waals surface area (Å²) in [4.78, 5) is 13.9. The van der Waals surface area contributed by atoms with Crippen LogP contribution in [-0.4, -0.2) is 15.0 Å². The first-order valence-electron chi connectivity index (χ1n) is 14.8. The Kier molecular flexibility index (Phi) is 7.92. The Morgan fingerprint density at radius 2 is 0.689 bits per heavy atom. The second kappa shape index (κ2) is 12.9. The molecule has 6 nitrogen and oxygen atoms in total. The molecule has 0 aliphatic heterocycles. The number of rotatable bonds is 9. The van der Waals surface area contributed by atoms with Gasteiger partial charge >= 0.3 is 0 Å². The van der Waals surface area contributed by atoms with Gasteiger partial charge in [0.25, 0.3) is 0 Å². The molecular weight excluding hydrogens is 552 g/mol. The maximum atomic E-state index is 4.88. The molecule has 3 N–H and O–H groups in total. The van der Waals surface area contributed by atoms with Crippen molar-refractivity contribution in [3.63, 3.8) is 0 Å². The lowest BCUT2D eigenvalue weighted by atomic mass is 10.0. The van der Waals surface area contributed by atoms with Crippen LogP contribution in [0.4, 0.5) is 34.1 Å². The zero-order valence-electron chi connectivity index (χ0n) is 24.4. The lowest BCUT2D eigenvalue weighted by Crippen LogP contribution is -1.95. The molecule has 4 aromatic carbocycles. The predicted octanol–water partition coefficient (Wildman–Crippen LogP) is 10.1. The van der Waals surface area contributed by atoms with Gasteiger partial charge in [0.15, 0.2) is 0 Å². The van der Waals surface area contributed by atoms with Crippen LogP contribution >= 0.6 is 0 Å². The Labute approximate surface area is 262 Å². The summed E-state index contributed by atoms with van der Waals surface area (Å²) in [5.41, 5.74) is 11.6. The van der Waals surface area contributed by atoms with Crippen LogP contribution in [0.25, 0.3) is 33.9 Å². The smallest absolute Gasteiger partial charge is 0.0900 e. The molecule has 0 amide bonds. The van der Waals surface area contributed by atoms with E-state index in [0.29, 0.717) is 0 Å². The fourth-order valence-electron chi connectivity index (χ4n) is 5.03. The minimum absolute atomic E-state index is 0.810. The van der Waals surface area contributed by atoms with Crippen molar-refractivity contribution in [1.82, 2.24) is 15.0 Å². The molecular formula is C39H30N6. The third-order valence-electron chi connectivity index (χ3n) is 7.31. The van der Waals surface area contributed by atoms with Gasteiger partial charge in [0.05, 0.1) is 22.8 Å². The molecule has 0 atom stereocenters. The summed E-state index contributed by atoms with van der Waals surface area (Å²) >= 11 is 0. The number of anilines is 6. The van der Waals surface area contributed by atoms with Crippen molar-refractivity contribution in [2.45, 2.75) is 0 Å². The van der Waals surface area contributed by atoms with Gasteiger partial charge in [-0.25, -0.2) is 4.98 Å². The quantitative estimate of drug-likeness (QED) is 0.157. The van der Waals surface area contributed by atoms with Gasteiger partial charge in [0.2, 0.25) is 0 Å². The molecule has 6 heteroatoms. The standard InChI is InChI=1S/C39H30N6/c1-2-8-30(9-3-1)42-32-16-18-34(19-17-32)44-35-22-20-33(21-23-35)43-31-14-12-28(13-15-31)29-26-38(36-10-4-6-24-40-36)45-39(27-29)37-11-5-7-25-41-37/h1-27,42-44H. The van der Waals surface area contributed by atoms with Crippen molar-refractivity contribution in [3.05, 3.63) is 164 Å². The normalized spacial score (nSPS) is 10.7. The number of nitrogens with zero attached hydrogens (tertiary/aromatic N) is 3. The van der Waals surface area contributed by atoms with Gasteiger partial charge in [-0.2, -0.15) is 0 Å². The Balaban J connectivity index is 1.03. The number of hydrogen-bond donors (Lipinski definition) is 3. The molecule has 0 saturated heterocycles. The van der Waals surface area contributed by atoms with Crippen LogP contribution in [0.1, 0.15) is 0 Å². The second-order valence-corrected chi connectivity index (χ2v) is 10.5. The monoisotopic (exact) mass is 582 g/mol. The molecule has 0 fully saturated rings. The van der Waals surface area contributed by atoms with Crippen molar-refractivity contribution in [2.24, 2.45) is 0 Å². The van der Waals surface area contributed by atoms with Crippen molar-refractivity contribution in [2.75, 3.05) is 16.0 Å². The molecule has 3 heterocycles. The zero-order valence-corrected chi connectivity index (χ0v) is 24.4. The number of pyridine rings is 3. The molecule has 0 saturated carbocycles. The fourth-order valence-corrected chi connectivity index (χ4v) is 5.03. The van der Waals surface area contributed by atoms with Crippen LogP contribution in [0, 0.1) is 0 Å². The first-order valence-corrected chi connectivity index (χ1v) is 14.8. The van der Waals surface area contributed by atoms with E-state index in [9.17, 15) is 0 Å². The first-order chi connectivity index (χ1) is 22.2. The number of hydrogen-bond acceptors (Lipinski definition) is 6. The summed E-state index contributed by atoms with van der Waals surface area (Å²) in [5, 5.41) is 10.4. The van der Waals surface area contributed by atoms with Crippen LogP contribution in [0.15, 0.2) is 164 Å². The average Bonchev–Trinajstić information content (AvgIpc) is 3.11. The summed E-state index contributed by atoms with van der Waals surface area (Å²) in [7, 11) is 0. The van der Waals surface area contributed by atoms with Gasteiger partial charge in [-0.15, -0.1) is 0 Å². The van der Waals surface area contributed by atoms with E-state index in [2.05, 4.69) is 123 Å². The van der Waals surface area contributed by atoms with Gasteiger partial charge < -0.3 is 16.0 Å². The van der Waals surface area contributed by atoms with E-state index in [0.717, 1.165) is 68.0 Å². The van der Waals surface area contributed by atoms with E-state index in [-0.39, 0.29) is 0 Å².